The Labute approximate surface area is 173 Å². The number of aromatic nitrogens is 1. The van der Waals surface area contributed by atoms with E-state index in [0.717, 1.165) is 43.6 Å². The second-order valence-corrected chi connectivity index (χ2v) is 9.42. The molecule has 1 N–H and O–H groups in total. The molecule has 150 valence electrons. The largest absolute Gasteiger partial charge is 0.322 e. The van der Waals surface area contributed by atoms with Crippen LogP contribution >= 0.6 is 0 Å². The summed E-state index contributed by atoms with van der Waals surface area (Å²) in [5.41, 5.74) is 6.36. The summed E-state index contributed by atoms with van der Waals surface area (Å²) >= 11 is 0. The minimum absolute atomic E-state index is 0.0719. The molecule has 2 aromatic rings. The number of nitrogens with zero attached hydrogens (tertiary/aromatic N) is 2. The summed E-state index contributed by atoms with van der Waals surface area (Å²) in [4.78, 5) is 19.1. The molecule has 2 atom stereocenters. The summed E-state index contributed by atoms with van der Waals surface area (Å²) in [7, 11) is 0. The number of amides is 1. The molecule has 1 aliphatic heterocycles. The lowest BCUT2D eigenvalue weighted by molar-refractivity contribution is -0.0110. The Kier molecular flexibility index (Phi) is 4.54. The van der Waals surface area contributed by atoms with Crippen molar-refractivity contribution in [2.45, 2.75) is 39.7 Å². The number of pyridine rings is 1. The number of carbonyl (C=O) groups excluding carboxylic acids is 1. The molecule has 1 aromatic heterocycles. The number of rotatable bonds is 4. The first-order chi connectivity index (χ1) is 14.0. The molecule has 1 saturated carbocycles. The number of nitrogens with one attached hydrogen (secondary N) is 1. The lowest BCUT2D eigenvalue weighted by Crippen LogP contribution is -2.50. The van der Waals surface area contributed by atoms with Crippen molar-refractivity contribution in [3.63, 3.8) is 0 Å². The van der Waals surface area contributed by atoms with Gasteiger partial charge in [0.2, 0.25) is 0 Å². The van der Waals surface area contributed by atoms with Crippen LogP contribution in [0.3, 0.4) is 0 Å². The molecule has 4 heteroatoms. The van der Waals surface area contributed by atoms with Gasteiger partial charge in [0.25, 0.3) is 5.91 Å². The van der Waals surface area contributed by atoms with Crippen LogP contribution in [0.15, 0.2) is 54.4 Å². The fraction of sp³-hybridized carbons (Fsp3) is 0.440. The molecule has 3 aliphatic carbocycles. The van der Waals surface area contributed by atoms with E-state index in [1.807, 2.05) is 6.07 Å². The number of hydrogen-bond acceptors (Lipinski definition) is 3. The predicted octanol–water partition coefficient (Wildman–Crippen LogP) is 4.68. The smallest absolute Gasteiger partial charge is 0.255 e. The Balaban J connectivity index is 1.29. The van der Waals surface area contributed by atoms with Crippen molar-refractivity contribution in [2.24, 2.45) is 17.3 Å². The van der Waals surface area contributed by atoms with Gasteiger partial charge >= 0.3 is 0 Å². The maximum absolute atomic E-state index is 12.6. The second kappa shape index (κ2) is 7.10. The van der Waals surface area contributed by atoms with Crippen LogP contribution in [0, 0.1) is 17.3 Å². The molecule has 1 amide bonds. The van der Waals surface area contributed by atoms with Crippen LogP contribution < -0.4 is 5.32 Å². The Bertz CT molecular complexity index is 963. The molecule has 1 aromatic carbocycles. The van der Waals surface area contributed by atoms with E-state index in [1.54, 1.807) is 30.1 Å². The Morgan fingerprint density at radius 3 is 2.83 bits per heavy atom. The zero-order chi connectivity index (χ0) is 20.0. The number of benzene rings is 1. The van der Waals surface area contributed by atoms with Crippen LogP contribution in [0.1, 0.15) is 48.2 Å². The summed E-state index contributed by atoms with van der Waals surface area (Å²) in [6.07, 6.45) is 9.44. The normalized spacial score (nSPS) is 24.8. The molecule has 0 unspecified atom stereocenters. The average Bonchev–Trinajstić information content (AvgIpc) is 2.74. The zero-order valence-corrected chi connectivity index (χ0v) is 17.3. The van der Waals surface area contributed by atoms with Crippen molar-refractivity contribution in [1.29, 1.82) is 0 Å². The highest BCUT2D eigenvalue weighted by atomic mass is 16.1. The van der Waals surface area contributed by atoms with Crippen molar-refractivity contribution in [3.05, 3.63) is 71.1 Å². The first kappa shape index (κ1) is 18.6. The number of fused-ring (bicyclic) bond motifs is 2. The zero-order valence-electron chi connectivity index (χ0n) is 17.3. The molecule has 0 spiro atoms. The van der Waals surface area contributed by atoms with Crippen LogP contribution in [-0.2, 0) is 13.0 Å². The van der Waals surface area contributed by atoms with E-state index < -0.39 is 0 Å². The molecule has 2 bridgehead atoms. The maximum Gasteiger partial charge on any atom is 0.255 e. The van der Waals surface area contributed by atoms with Gasteiger partial charge in [0.05, 0.1) is 0 Å². The predicted molar refractivity (Wildman–Crippen MR) is 116 cm³/mol. The summed E-state index contributed by atoms with van der Waals surface area (Å²) in [5.74, 6) is 1.59. The van der Waals surface area contributed by atoms with E-state index >= 15 is 0 Å². The fourth-order valence-electron chi connectivity index (χ4n) is 5.53. The third kappa shape index (κ3) is 3.29. The van der Waals surface area contributed by atoms with Crippen LogP contribution in [0.5, 0.6) is 0 Å². The van der Waals surface area contributed by atoms with E-state index in [-0.39, 0.29) is 5.91 Å². The molecule has 4 aliphatic rings. The van der Waals surface area contributed by atoms with Gasteiger partial charge in [0.1, 0.15) is 0 Å². The number of anilines is 1. The van der Waals surface area contributed by atoms with E-state index in [9.17, 15) is 4.79 Å². The highest BCUT2D eigenvalue weighted by Gasteiger charge is 2.51. The number of allylic oxidation sites excluding steroid dienone is 1. The van der Waals surface area contributed by atoms with E-state index in [2.05, 4.69) is 47.3 Å². The average molecular weight is 388 g/mol. The quantitative estimate of drug-likeness (QED) is 0.775. The van der Waals surface area contributed by atoms with Crippen molar-refractivity contribution >= 4 is 11.6 Å². The third-order valence-electron chi connectivity index (χ3n) is 7.52. The minimum atomic E-state index is -0.0719. The number of hydrogen-bond donors (Lipinski definition) is 1. The highest BCUT2D eigenvalue weighted by Crippen LogP contribution is 2.59. The van der Waals surface area contributed by atoms with Gasteiger partial charge in [-0.15, -0.1) is 0 Å². The van der Waals surface area contributed by atoms with Crippen molar-refractivity contribution in [2.75, 3.05) is 18.4 Å². The highest BCUT2D eigenvalue weighted by molar-refractivity contribution is 6.04. The molecule has 1 fully saturated rings. The van der Waals surface area contributed by atoms with Crippen molar-refractivity contribution in [1.82, 2.24) is 9.88 Å². The fourth-order valence-corrected chi connectivity index (χ4v) is 5.53. The molecule has 29 heavy (non-hydrogen) atoms. The molecule has 0 radical (unpaired) electrons. The Hall–Kier alpha value is -2.46. The van der Waals surface area contributed by atoms with E-state index in [4.69, 9.17) is 0 Å². The first-order valence-electron chi connectivity index (χ1n) is 10.8. The molecular weight excluding hydrogens is 358 g/mol. The standard InChI is InChI=1S/C25H29N3O/c1-25(2)20-7-6-19(22(25)14-20)16-28-13-10-21-18(15-28)4-3-5-23(21)27-24(29)17-8-11-26-12-9-17/h3-6,8-9,11-12,20,22H,7,10,13-16H2,1-2H3,(H,27,29)/t20-,22-/m0/s1. The maximum atomic E-state index is 12.6. The van der Waals surface area contributed by atoms with Gasteiger partial charge < -0.3 is 5.32 Å². The van der Waals surface area contributed by atoms with Gasteiger partial charge in [-0.1, -0.05) is 37.6 Å². The lowest BCUT2D eigenvalue weighted by atomic mass is 9.49. The van der Waals surface area contributed by atoms with Gasteiger partial charge in [-0.2, -0.15) is 0 Å². The van der Waals surface area contributed by atoms with Crippen molar-refractivity contribution in [3.8, 4) is 0 Å². The Morgan fingerprint density at radius 1 is 1.24 bits per heavy atom. The minimum Gasteiger partial charge on any atom is -0.322 e. The number of carbonyl (C=O) groups is 1. The molecule has 2 heterocycles. The lowest BCUT2D eigenvalue weighted by Gasteiger charge is -2.57. The summed E-state index contributed by atoms with van der Waals surface area (Å²) in [5, 5.41) is 3.11. The molecular formula is C25H29N3O. The monoisotopic (exact) mass is 387 g/mol. The molecule has 6 rings (SSSR count). The van der Waals surface area contributed by atoms with Crippen LogP contribution in [0.2, 0.25) is 0 Å². The summed E-state index contributed by atoms with van der Waals surface area (Å²) < 4.78 is 0. The van der Waals surface area contributed by atoms with Gasteiger partial charge in [-0.25, -0.2) is 0 Å². The first-order valence-corrected chi connectivity index (χ1v) is 10.8. The van der Waals surface area contributed by atoms with Gasteiger partial charge in [-0.3, -0.25) is 14.7 Å². The van der Waals surface area contributed by atoms with Gasteiger partial charge in [-0.05, 0) is 65.8 Å². The van der Waals surface area contributed by atoms with Gasteiger partial charge in [0, 0.05) is 43.3 Å². The van der Waals surface area contributed by atoms with E-state index in [1.165, 1.54) is 24.0 Å². The van der Waals surface area contributed by atoms with Crippen LogP contribution in [-0.4, -0.2) is 28.9 Å². The topological polar surface area (TPSA) is 45.2 Å². The molecule has 0 saturated heterocycles. The van der Waals surface area contributed by atoms with Crippen molar-refractivity contribution < 1.29 is 4.79 Å². The SMILES string of the molecule is CC1(C)[C@H]2CC=C(CN3CCc4c(cccc4NC(=O)c4ccncc4)C3)[C@@H]1C2. The van der Waals surface area contributed by atoms with Crippen LogP contribution in [0.4, 0.5) is 5.69 Å². The summed E-state index contributed by atoms with van der Waals surface area (Å²) in [6, 6.07) is 9.79. The Morgan fingerprint density at radius 2 is 2.07 bits per heavy atom. The van der Waals surface area contributed by atoms with Gasteiger partial charge in [0.15, 0.2) is 0 Å². The summed E-state index contributed by atoms with van der Waals surface area (Å²) in [6.45, 7) is 7.99. The third-order valence-corrected chi connectivity index (χ3v) is 7.52. The molecule has 4 nitrogen and oxygen atoms in total. The second-order valence-electron chi connectivity index (χ2n) is 9.42. The van der Waals surface area contributed by atoms with Crippen LogP contribution in [0.25, 0.3) is 0 Å². The van der Waals surface area contributed by atoms with E-state index in [0.29, 0.717) is 11.0 Å².